The van der Waals surface area contributed by atoms with Gasteiger partial charge in [0, 0.05) is 76.0 Å². The monoisotopic (exact) mass is 868 g/mol. The van der Waals surface area contributed by atoms with Gasteiger partial charge in [-0.15, -0.1) is 6.42 Å². The van der Waals surface area contributed by atoms with Crippen LogP contribution >= 0.6 is 0 Å². The molecule has 1 aliphatic heterocycles. The van der Waals surface area contributed by atoms with Crippen LogP contribution in [0.2, 0.25) is 0 Å². The van der Waals surface area contributed by atoms with Gasteiger partial charge in [-0.1, -0.05) is 23.3 Å². The molecular weight excluding hydrogens is 813 g/mol. The lowest BCUT2D eigenvalue weighted by Gasteiger charge is -2.20. The van der Waals surface area contributed by atoms with Gasteiger partial charge in [0.25, 0.3) is 0 Å². The van der Waals surface area contributed by atoms with Gasteiger partial charge in [0.2, 0.25) is 0 Å². The van der Waals surface area contributed by atoms with E-state index in [-0.39, 0.29) is 21.4 Å². The molecule has 0 aliphatic carbocycles. The fourth-order valence-corrected chi connectivity index (χ4v) is 5.04. The number of hydrogen-bond acceptors (Lipinski definition) is 11. The van der Waals surface area contributed by atoms with Crippen LogP contribution in [0.3, 0.4) is 0 Å². The summed E-state index contributed by atoms with van der Waals surface area (Å²) in [7, 11) is 3.81. The summed E-state index contributed by atoms with van der Waals surface area (Å²) in [6.07, 6.45) is 9.37. The number of nitrogens with one attached hydrogen (secondary N) is 1. The summed E-state index contributed by atoms with van der Waals surface area (Å²) in [5.74, 6) is 57.1. The van der Waals surface area contributed by atoms with Gasteiger partial charge in [-0.25, -0.2) is 14.8 Å². The molecule has 4 heterocycles. The summed E-state index contributed by atoms with van der Waals surface area (Å²) in [6, 6.07) is 9.78. The minimum Gasteiger partial charge on any atom is -0.497 e. The SMILES string of the molecule is C#CC#CC#CC#CC#CC#CC#CC#CC#CC#CC#CC.COc1ccc(Cn2c(=O)n3ncnc3c3cc(CN4CCCN(C)CC4)cnc32)cc1.NN=NN=NN[N+](=O)[O-].[HH].[HH].[HH].[HH].[HH].[HH].[HH].[HH].[HH].[HH].[HH]. The quantitative estimate of drug-likeness (QED) is 0.0834. The average Bonchev–Trinajstić information content (AvgIpc) is 3.72. The van der Waals surface area contributed by atoms with Crippen LogP contribution in [0.1, 0.15) is 40.2 Å². The van der Waals surface area contributed by atoms with Crippen LogP contribution in [0.25, 0.3) is 16.7 Å². The molecule has 1 fully saturated rings. The molecule has 0 spiro atoms. The van der Waals surface area contributed by atoms with E-state index in [4.69, 9.17) is 16.1 Å². The van der Waals surface area contributed by atoms with Crippen molar-refractivity contribution >= 4 is 16.7 Å². The van der Waals surface area contributed by atoms with Gasteiger partial charge in [0.1, 0.15) is 22.9 Å². The Hall–Kier alpha value is -9.94. The number of pyridine rings is 1. The molecule has 0 amide bonds. The molecule has 0 atom stereocenters. The maximum Gasteiger partial charge on any atom is 0.352 e. The summed E-state index contributed by atoms with van der Waals surface area (Å²) in [6.45, 7) is 7.21. The van der Waals surface area contributed by atoms with Crippen molar-refractivity contribution in [3.63, 3.8) is 0 Å². The maximum atomic E-state index is 13.1. The second kappa shape index (κ2) is 29.3. The number of benzene rings is 1. The molecule has 334 valence electrons. The van der Waals surface area contributed by atoms with Gasteiger partial charge in [-0.05, 0) is 158 Å². The van der Waals surface area contributed by atoms with Crippen molar-refractivity contribution in [3.8, 4) is 137 Å². The predicted molar refractivity (Wildman–Crippen MR) is 262 cm³/mol. The van der Waals surface area contributed by atoms with E-state index in [1.807, 2.05) is 30.5 Å². The fraction of sp³-hybridized carbons (Fsp3) is 0.217. The number of terminal acetylenes is 1. The average molecular weight is 869 g/mol. The highest BCUT2D eigenvalue weighted by molar-refractivity contribution is 5.89. The van der Waals surface area contributed by atoms with Gasteiger partial charge in [-0.2, -0.15) is 9.61 Å². The van der Waals surface area contributed by atoms with Crippen molar-refractivity contribution in [2.75, 3.05) is 40.3 Å². The van der Waals surface area contributed by atoms with E-state index in [1.165, 1.54) is 16.4 Å². The number of hydrogen-bond donors (Lipinski definition) is 2. The summed E-state index contributed by atoms with van der Waals surface area (Å²) in [5.41, 5.74) is 4.35. The summed E-state index contributed by atoms with van der Waals surface area (Å²) in [5, 5.41) is 24.3. The first-order valence-corrected chi connectivity index (χ1v) is 18.3. The number of nitrogens with two attached hydrogens (primary N) is 1. The van der Waals surface area contributed by atoms with Crippen molar-refractivity contribution in [1.29, 1.82) is 0 Å². The lowest BCUT2D eigenvalue weighted by atomic mass is 10.2. The third-order valence-corrected chi connectivity index (χ3v) is 7.68. The molecule has 0 bridgehead atoms. The van der Waals surface area contributed by atoms with E-state index in [0.717, 1.165) is 61.4 Å². The van der Waals surface area contributed by atoms with Crippen LogP contribution in [0.15, 0.2) is 68.5 Å². The van der Waals surface area contributed by atoms with E-state index in [9.17, 15) is 14.9 Å². The Bertz CT molecular complexity index is 3180. The number of nitrogens with zero attached hydrogens (tertiary/aromatic N) is 12. The third kappa shape index (κ3) is 18.3. The van der Waals surface area contributed by atoms with Crippen molar-refractivity contribution in [2.24, 2.45) is 26.7 Å². The van der Waals surface area contributed by atoms with Crippen LogP contribution in [-0.4, -0.2) is 79.3 Å². The Morgan fingerprint density at radius 3 is 1.95 bits per heavy atom. The van der Waals surface area contributed by atoms with Crippen LogP contribution in [0.4, 0.5) is 0 Å². The molecule has 64 heavy (non-hydrogen) atoms. The number of rotatable bonds is 8. The smallest absolute Gasteiger partial charge is 0.352 e. The number of methoxy groups -OCH3 is 1. The zero-order chi connectivity index (χ0) is 46.0. The molecule has 18 heteroatoms. The van der Waals surface area contributed by atoms with Gasteiger partial charge in [-0.3, -0.25) is 9.47 Å². The van der Waals surface area contributed by atoms with Crippen LogP contribution in [0, 0.1) is 141 Å². The summed E-state index contributed by atoms with van der Waals surface area (Å²) >= 11 is 0. The first kappa shape index (κ1) is 48.4. The molecule has 1 saturated heterocycles. The normalized spacial score (nSPS) is 10.8. The molecule has 0 radical (unpaired) electrons. The van der Waals surface area contributed by atoms with Crippen LogP contribution < -0.4 is 21.8 Å². The molecule has 4 aromatic rings. The summed E-state index contributed by atoms with van der Waals surface area (Å²) in [4.78, 5) is 36.5. The number of aromatic nitrogens is 5. The molecule has 0 unspecified atom stereocenters. The lowest BCUT2D eigenvalue weighted by Crippen LogP contribution is -2.30. The highest BCUT2D eigenvalue weighted by Crippen LogP contribution is 2.20. The molecule has 18 nitrogen and oxygen atoms in total. The summed E-state index contributed by atoms with van der Waals surface area (Å²) < 4.78 is 8.26. The van der Waals surface area contributed by atoms with Gasteiger partial charge >= 0.3 is 5.69 Å². The van der Waals surface area contributed by atoms with E-state index in [1.54, 1.807) is 18.6 Å². The number of ether oxygens (including phenoxy) is 1. The Morgan fingerprint density at radius 2 is 1.41 bits per heavy atom. The van der Waals surface area contributed by atoms with E-state index < -0.39 is 5.03 Å². The van der Waals surface area contributed by atoms with Gasteiger partial charge in [0.05, 0.1) is 24.1 Å². The van der Waals surface area contributed by atoms with E-state index >= 15 is 0 Å². The first-order chi connectivity index (χ1) is 31.3. The van der Waals surface area contributed by atoms with Crippen LogP contribution in [0.5, 0.6) is 5.75 Å². The molecule has 3 N–H and O–H groups in total. The predicted octanol–water partition coefficient (Wildman–Crippen LogP) is 4.39. The van der Waals surface area contributed by atoms with Crippen molar-refractivity contribution in [2.45, 2.75) is 26.4 Å². The third-order valence-electron chi connectivity index (χ3n) is 7.68. The first-order valence-electron chi connectivity index (χ1n) is 18.3. The van der Waals surface area contributed by atoms with E-state index in [2.05, 4.69) is 184 Å². The highest BCUT2D eigenvalue weighted by atomic mass is 16.7. The minimum absolute atomic E-state index is 0. The Morgan fingerprint density at radius 1 is 0.812 bits per heavy atom. The second-order valence-electron chi connectivity index (χ2n) is 11.9. The Kier molecular flexibility index (Phi) is 22.2. The lowest BCUT2D eigenvalue weighted by molar-refractivity contribution is -0.546. The number of fused-ring (bicyclic) bond motifs is 3. The fourth-order valence-electron chi connectivity index (χ4n) is 5.04. The zero-order valence-corrected chi connectivity index (χ0v) is 34.6. The van der Waals surface area contributed by atoms with E-state index in [0.29, 0.717) is 17.8 Å². The van der Waals surface area contributed by atoms with Crippen molar-refractivity contribution < 1.29 is 25.5 Å². The standard InChI is InChI=1S/C23H27N7O2.C23H4.H3N7O2.11H2/c1-27-8-3-9-28(11-10-27)14-18-12-20-21(24-13-18)29(23(31)30-22(20)25-16-26-30)15-17-4-6-19(32-2)7-5-17;1-3-5-7-9-11-13-15-17-19-21-23-22-20-18-16-14-12-10-8-6-4-2;1-2-3-4-5-6-7(8)9;;;;;;;;;;;/h4-7,12-13,16H,3,8-11,14-15H2,1-2H3;1H,2H3;(H2,1,3,5)(H,2,4,6);11*1H. The van der Waals surface area contributed by atoms with Gasteiger partial charge < -0.3 is 25.6 Å². The minimum atomic E-state index is -0.907. The zero-order valence-electron chi connectivity index (χ0n) is 34.6. The second-order valence-corrected chi connectivity index (χ2v) is 11.9. The van der Waals surface area contributed by atoms with Crippen molar-refractivity contribution in [3.05, 3.63) is 74.6 Å². The number of nitro groups is 1. The van der Waals surface area contributed by atoms with Crippen LogP contribution in [-0.2, 0) is 13.1 Å². The molecule has 0 saturated carbocycles. The topological polar surface area (TPSA) is 211 Å². The molecule has 5 rings (SSSR count). The largest absolute Gasteiger partial charge is 0.497 e. The molecular formula is C46H56N14O4. The Balaban J connectivity index is -0.000000130. The maximum absolute atomic E-state index is 13.1. The molecule has 1 aliphatic rings. The van der Waals surface area contributed by atoms with Gasteiger partial charge in [0.15, 0.2) is 10.9 Å². The molecule has 1 aromatic carbocycles. The number of hydrazine groups is 1. The van der Waals surface area contributed by atoms with Crippen molar-refractivity contribution in [1.82, 2.24) is 39.5 Å². The Labute approximate surface area is 385 Å². The number of likely N-dealkylation sites (N-methyl/N-ethyl adjacent to an activating group) is 1. The highest BCUT2D eigenvalue weighted by Gasteiger charge is 2.17. The molecule has 3 aromatic heterocycles.